The molecule has 2 heterocycles. The second kappa shape index (κ2) is 31.1. The predicted octanol–water partition coefficient (Wildman–Crippen LogP) is 1.17. The molecule has 0 bridgehead atoms. The summed E-state index contributed by atoms with van der Waals surface area (Å²) in [5.41, 5.74) is 17.9. The van der Waals surface area contributed by atoms with Gasteiger partial charge in [0, 0.05) is 75.7 Å². The van der Waals surface area contributed by atoms with Crippen molar-refractivity contribution in [3.05, 3.63) is 0 Å². The second-order valence-corrected chi connectivity index (χ2v) is 19.8. The van der Waals surface area contributed by atoms with Crippen molar-refractivity contribution in [1.82, 2.24) is 31.1 Å². The molecule has 2 fully saturated rings. The minimum atomic E-state index is -1.09. The Bertz CT molecular complexity index is 1630. The molecule has 0 aliphatic carbocycles. The molecule has 368 valence electrons. The van der Waals surface area contributed by atoms with E-state index in [2.05, 4.69) is 21.3 Å². The smallest absolute Gasteiger partial charge is 0.242 e. The summed E-state index contributed by atoms with van der Waals surface area (Å²) < 4.78 is 0. The molecule has 21 heteroatoms. The SMILES string of the molecule is CC(=O)CCCCCN1C(=O)CC(SCC(N)C(=O)N[C@@H](CCCCNC(=O)[C@@H](N)CSC2CC(=O)N(CCCCCC(=O)C(C)C)C2=O)C(=O)NCCCCCC(=O)NC(C)N)C1=O. The maximum absolute atomic E-state index is 13.3. The Balaban J connectivity index is 1.83. The first-order valence-corrected chi connectivity index (χ1v) is 25.3. The highest BCUT2D eigenvalue weighted by atomic mass is 32.2. The third-order valence-corrected chi connectivity index (χ3v) is 13.7. The third kappa shape index (κ3) is 22.4. The predicted molar refractivity (Wildman–Crippen MR) is 251 cm³/mol. The second-order valence-electron chi connectivity index (χ2n) is 17.3. The average Bonchev–Trinajstić information content (AvgIpc) is 3.68. The molecule has 2 aliphatic rings. The number of hydrogen-bond donors (Lipinski definition) is 7. The molecule has 2 saturated heterocycles. The van der Waals surface area contributed by atoms with Gasteiger partial charge in [0.15, 0.2) is 0 Å². The van der Waals surface area contributed by atoms with Crippen molar-refractivity contribution in [3.63, 3.8) is 0 Å². The number of amides is 8. The number of Topliss-reactive ketones (excluding diaryl/α,β-unsaturated/α-hetero) is 2. The van der Waals surface area contributed by atoms with Crippen LogP contribution in [0.2, 0.25) is 0 Å². The first kappa shape index (κ1) is 57.2. The Kier molecular flexibility index (Phi) is 27.4. The number of imide groups is 2. The number of thioether (sulfide) groups is 2. The van der Waals surface area contributed by atoms with Crippen LogP contribution in [0, 0.1) is 5.92 Å². The zero-order valence-corrected chi connectivity index (χ0v) is 40.5. The molecule has 0 aromatic heterocycles. The number of carbonyl (C=O) groups is 10. The van der Waals surface area contributed by atoms with E-state index in [9.17, 15) is 47.9 Å². The molecule has 6 atom stereocenters. The fourth-order valence-electron chi connectivity index (χ4n) is 7.09. The van der Waals surface area contributed by atoms with Gasteiger partial charge in [0.1, 0.15) is 17.6 Å². The summed E-state index contributed by atoms with van der Waals surface area (Å²) in [7, 11) is 0. The van der Waals surface area contributed by atoms with Gasteiger partial charge in [-0.05, 0) is 71.6 Å². The zero-order chi connectivity index (χ0) is 48.5. The van der Waals surface area contributed by atoms with E-state index >= 15 is 0 Å². The lowest BCUT2D eigenvalue weighted by Gasteiger charge is -2.21. The first-order valence-electron chi connectivity index (χ1n) is 23.2. The van der Waals surface area contributed by atoms with Crippen LogP contribution in [0.1, 0.15) is 137 Å². The van der Waals surface area contributed by atoms with Gasteiger partial charge >= 0.3 is 0 Å². The first-order chi connectivity index (χ1) is 30.8. The largest absolute Gasteiger partial charge is 0.355 e. The van der Waals surface area contributed by atoms with Gasteiger partial charge in [-0.3, -0.25) is 53.0 Å². The van der Waals surface area contributed by atoms with Crippen LogP contribution in [0.25, 0.3) is 0 Å². The highest BCUT2D eigenvalue weighted by Crippen LogP contribution is 2.27. The van der Waals surface area contributed by atoms with E-state index in [4.69, 9.17) is 17.2 Å². The highest BCUT2D eigenvalue weighted by Gasteiger charge is 2.40. The molecule has 0 spiro atoms. The number of ketones is 2. The van der Waals surface area contributed by atoms with Crippen LogP contribution < -0.4 is 38.5 Å². The number of hydrogen-bond acceptors (Lipinski definition) is 15. The summed E-state index contributed by atoms with van der Waals surface area (Å²) in [6.07, 6.45) is 7.83. The normalized spacial score (nSPS) is 18.2. The summed E-state index contributed by atoms with van der Waals surface area (Å²) in [5, 5.41) is 9.67. The van der Waals surface area contributed by atoms with Crippen molar-refractivity contribution in [1.29, 1.82) is 0 Å². The van der Waals surface area contributed by atoms with Gasteiger partial charge in [0.05, 0.1) is 28.7 Å². The van der Waals surface area contributed by atoms with E-state index in [-0.39, 0.29) is 90.9 Å². The molecule has 0 radical (unpaired) electrons. The average molecular weight is 954 g/mol. The summed E-state index contributed by atoms with van der Waals surface area (Å²) in [6, 6.07) is -2.98. The van der Waals surface area contributed by atoms with E-state index in [0.29, 0.717) is 96.6 Å². The molecule has 0 saturated carbocycles. The molecule has 65 heavy (non-hydrogen) atoms. The van der Waals surface area contributed by atoms with Gasteiger partial charge < -0.3 is 43.3 Å². The van der Waals surface area contributed by atoms with Gasteiger partial charge in [-0.25, -0.2) is 0 Å². The zero-order valence-electron chi connectivity index (χ0n) is 38.8. The van der Waals surface area contributed by atoms with Gasteiger partial charge in [-0.15, -0.1) is 23.5 Å². The van der Waals surface area contributed by atoms with Gasteiger partial charge in [-0.1, -0.05) is 33.1 Å². The fraction of sp³-hybridized carbons (Fsp3) is 0.773. The summed E-state index contributed by atoms with van der Waals surface area (Å²) in [5.74, 6) is -2.37. The van der Waals surface area contributed by atoms with Crippen LogP contribution in [0.3, 0.4) is 0 Å². The lowest BCUT2D eigenvalue weighted by molar-refractivity contribution is -0.139. The lowest BCUT2D eigenvalue weighted by atomic mass is 10.0. The quantitative estimate of drug-likeness (QED) is 0.0267. The van der Waals surface area contributed by atoms with Crippen LogP contribution in [0.5, 0.6) is 0 Å². The molecular formula is C44H75N9O10S2. The number of nitrogens with zero attached hydrogens (tertiary/aromatic N) is 2. The topological polar surface area (TPSA) is 303 Å². The van der Waals surface area contributed by atoms with Crippen molar-refractivity contribution in [2.45, 2.75) is 172 Å². The maximum atomic E-state index is 13.3. The van der Waals surface area contributed by atoms with E-state index in [1.54, 1.807) is 6.92 Å². The Hall–Kier alpha value is -3.92. The summed E-state index contributed by atoms with van der Waals surface area (Å²) in [6.45, 7) is 8.01. The third-order valence-electron chi connectivity index (χ3n) is 11.0. The summed E-state index contributed by atoms with van der Waals surface area (Å²) >= 11 is 2.29. The van der Waals surface area contributed by atoms with Crippen LogP contribution in [0.15, 0.2) is 0 Å². The Morgan fingerprint density at radius 1 is 0.600 bits per heavy atom. The van der Waals surface area contributed by atoms with Crippen molar-refractivity contribution in [3.8, 4) is 0 Å². The van der Waals surface area contributed by atoms with Crippen LogP contribution in [-0.4, -0.2) is 141 Å². The van der Waals surface area contributed by atoms with Crippen LogP contribution in [-0.2, 0) is 47.9 Å². The van der Waals surface area contributed by atoms with Crippen molar-refractivity contribution < 1.29 is 47.9 Å². The van der Waals surface area contributed by atoms with E-state index < -0.39 is 52.5 Å². The highest BCUT2D eigenvalue weighted by molar-refractivity contribution is 8.01. The Morgan fingerprint density at radius 2 is 1.08 bits per heavy atom. The van der Waals surface area contributed by atoms with Crippen LogP contribution >= 0.6 is 23.5 Å². The number of carbonyl (C=O) groups excluding carboxylic acids is 10. The van der Waals surface area contributed by atoms with Crippen molar-refractivity contribution in [2.75, 3.05) is 37.7 Å². The van der Waals surface area contributed by atoms with Gasteiger partial charge in [0.25, 0.3) is 0 Å². The van der Waals surface area contributed by atoms with Crippen LogP contribution in [0.4, 0.5) is 0 Å². The molecule has 19 nitrogen and oxygen atoms in total. The molecule has 0 aromatic rings. The number of nitrogens with two attached hydrogens (primary N) is 3. The monoisotopic (exact) mass is 954 g/mol. The van der Waals surface area contributed by atoms with E-state index in [1.807, 2.05) is 13.8 Å². The standard InChI is InChI=1S/C44H75N9O10S2/c1-28(2)34(55)18-9-7-15-23-53-38(57)24-35(43(53)62)64-26-31(46)40(59)48-21-13-11-17-33(42(61)49-20-12-5-10-19-37(56)50-30(4)45)51-41(60)32(47)27-65-36-25-39(58)52(44(36)63)22-14-6-8-16-29(3)54/h28,30-33,35-36H,5-27,45-47H2,1-4H3,(H,48,59)(H,49,61)(H,50,56)(H,51,60)/t30?,31-,32?,33-,35?,36?/m0/s1. The van der Waals surface area contributed by atoms with E-state index in [1.165, 1.54) is 28.5 Å². The molecule has 8 amide bonds. The lowest BCUT2D eigenvalue weighted by Crippen LogP contribution is -2.52. The number of likely N-dealkylation sites (tertiary alicyclic amines) is 2. The molecule has 10 N–H and O–H groups in total. The Morgan fingerprint density at radius 3 is 1.60 bits per heavy atom. The molecule has 0 aromatic carbocycles. The molecule has 2 rings (SSSR count). The molecule has 2 aliphatic heterocycles. The molecule has 4 unspecified atom stereocenters. The van der Waals surface area contributed by atoms with Gasteiger partial charge in [-0.2, -0.15) is 0 Å². The number of nitrogens with one attached hydrogen (secondary N) is 4. The minimum absolute atomic E-state index is 0.00155. The van der Waals surface area contributed by atoms with E-state index in [0.717, 1.165) is 18.2 Å². The van der Waals surface area contributed by atoms with Crippen molar-refractivity contribution in [2.24, 2.45) is 23.1 Å². The maximum Gasteiger partial charge on any atom is 0.242 e. The minimum Gasteiger partial charge on any atom is -0.355 e. The Labute approximate surface area is 392 Å². The van der Waals surface area contributed by atoms with Gasteiger partial charge in [0.2, 0.25) is 47.3 Å². The van der Waals surface area contributed by atoms with Crippen molar-refractivity contribution >= 4 is 82.3 Å². The molecular weight excluding hydrogens is 879 g/mol. The number of rotatable bonds is 35. The summed E-state index contributed by atoms with van der Waals surface area (Å²) in [4.78, 5) is 128. The number of unbranched alkanes of at least 4 members (excludes halogenated alkanes) is 7. The fourth-order valence-corrected chi connectivity index (χ4v) is 9.34.